The fourth-order valence-electron chi connectivity index (χ4n) is 6.76. The minimum atomic E-state index is 1.11. The number of allylic oxidation sites excluding steroid dienone is 1. The molecule has 0 saturated carbocycles. The monoisotopic (exact) mass is 565 g/mol. The van der Waals surface area contributed by atoms with Crippen molar-refractivity contribution in [3.8, 4) is 11.1 Å². The van der Waals surface area contributed by atoms with E-state index < -0.39 is 0 Å². The van der Waals surface area contributed by atoms with E-state index in [9.17, 15) is 0 Å². The highest BCUT2D eigenvalue weighted by Crippen LogP contribution is 2.45. The summed E-state index contributed by atoms with van der Waals surface area (Å²) >= 11 is 0. The molecule has 0 aliphatic heterocycles. The molecule has 7 aromatic rings. The lowest BCUT2D eigenvalue weighted by Crippen LogP contribution is -2.12. The Labute approximate surface area is 260 Å². The quantitative estimate of drug-likeness (QED) is 0.181. The average Bonchev–Trinajstić information content (AvgIpc) is 3.07. The molecule has 0 spiro atoms. The number of rotatable bonds is 6. The van der Waals surface area contributed by atoms with Crippen LogP contribution in [0.2, 0.25) is 0 Å². The molecular formula is C43H35N. The minimum Gasteiger partial charge on any atom is -0.310 e. The Morgan fingerprint density at radius 3 is 1.93 bits per heavy atom. The van der Waals surface area contributed by atoms with Crippen molar-refractivity contribution >= 4 is 61.5 Å². The second kappa shape index (κ2) is 11.4. The zero-order chi connectivity index (χ0) is 30.2. The largest absolute Gasteiger partial charge is 0.310 e. The van der Waals surface area contributed by atoms with Crippen LogP contribution in [0.3, 0.4) is 0 Å². The summed E-state index contributed by atoms with van der Waals surface area (Å²) in [6.45, 7) is 10.7. The van der Waals surface area contributed by atoms with Gasteiger partial charge in [0.2, 0.25) is 0 Å². The normalized spacial score (nSPS) is 11.5. The maximum Gasteiger partial charge on any atom is 0.0496 e. The van der Waals surface area contributed by atoms with E-state index in [-0.39, 0.29) is 0 Å². The molecule has 0 aliphatic rings. The summed E-state index contributed by atoms with van der Waals surface area (Å²) < 4.78 is 0. The van der Waals surface area contributed by atoms with Gasteiger partial charge < -0.3 is 4.90 Å². The third kappa shape index (κ3) is 4.58. The Hall–Kier alpha value is -5.40. The van der Waals surface area contributed by atoms with E-state index in [2.05, 4.69) is 172 Å². The number of nitrogens with zero attached hydrogens (tertiary/aromatic N) is 1. The SMILES string of the molecule is C=Cc1ccc(N(c2ccc3ccccc3c2)c2cccc(-c3c(C)c4ccccc4c4ccccc34)c2C)cc1/C=C\C. The first-order chi connectivity index (χ1) is 21.6. The number of aryl methyl sites for hydroxylation is 1. The molecular weight excluding hydrogens is 530 g/mol. The molecule has 0 fully saturated rings. The smallest absolute Gasteiger partial charge is 0.0496 e. The molecule has 0 saturated heterocycles. The van der Waals surface area contributed by atoms with Crippen LogP contribution in [0, 0.1) is 13.8 Å². The number of hydrogen-bond acceptors (Lipinski definition) is 1. The van der Waals surface area contributed by atoms with E-state index in [1.165, 1.54) is 54.6 Å². The molecule has 0 aliphatic carbocycles. The van der Waals surface area contributed by atoms with Crippen LogP contribution in [0.1, 0.15) is 29.2 Å². The van der Waals surface area contributed by atoms with Gasteiger partial charge in [-0.2, -0.15) is 0 Å². The maximum atomic E-state index is 4.07. The van der Waals surface area contributed by atoms with Gasteiger partial charge in [0.1, 0.15) is 0 Å². The average molecular weight is 566 g/mol. The second-order valence-electron chi connectivity index (χ2n) is 11.4. The lowest BCUT2D eigenvalue weighted by Gasteiger charge is -2.29. The molecule has 1 heteroatoms. The predicted molar refractivity (Wildman–Crippen MR) is 193 cm³/mol. The minimum absolute atomic E-state index is 1.11. The topological polar surface area (TPSA) is 3.24 Å². The second-order valence-corrected chi connectivity index (χ2v) is 11.4. The fraction of sp³-hybridized carbons (Fsp3) is 0.0698. The van der Waals surface area contributed by atoms with E-state index in [0.717, 1.165) is 28.2 Å². The van der Waals surface area contributed by atoms with E-state index in [1.54, 1.807) is 0 Å². The third-order valence-corrected chi connectivity index (χ3v) is 8.89. The lowest BCUT2D eigenvalue weighted by atomic mass is 9.86. The molecule has 44 heavy (non-hydrogen) atoms. The van der Waals surface area contributed by atoms with Crippen molar-refractivity contribution < 1.29 is 0 Å². The summed E-state index contributed by atoms with van der Waals surface area (Å²) in [5.41, 5.74) is 10.8. The van der Waals surface area contributed by atoms with Crippen molar-refractivity contribution in [2.24, 2.45) is 0 Å². The Balaban J connectivity index is 1.51. The summed E-state index contributed by atoms with van der Waals surface area (Å²) in [7, 11) is 0. The molecule has 0 atom stereocenters. The van der Waals surface area contributed by atoms with Gasteiger partial charge in [-0.05, 0) is 117 Å². The van der Waals surface area contributed by atoms with Gasteiger partial charge in [-0.3, -0.25) is 0 Å². The maximum absolute atomic E-state index is 4.07. The Bertz CT molecular complexity index is 2230. The van der Waals surface area contributed by atoms with Crippen molar-refractivity contribution in [2.75, 3.05) is 4.90 Å². The van der Waals surface area contributed by atoms with Crippen molar-refractivity contribution in [3.05, 3.63) is 162 Å². The van der Waals surface area contributed by atoms with Crippen molar-refractivity contribution in [2.45, 2.75) is 20.8 Å². The van der Waals surface area contributed by atoms with Gasteiger partial charge >= 0.3 is 0 Å². The molecule has 0 N–H and O–H groups in total. The van der Waals surface area contributed by atoms with Crippen LogP contribution < -0.4 is 4.90 Å². The summed E-state index contributed by atoms with van der Waals surface area (Å²) in [6.07, 6.45) is 6.18. The van der Waals surface area contributed by atoms with Crippen LogP contribution >= 0.6 is 0 Å². The molecule has 7 aromatic carbocycles. The highest BCUT2D eigenvalue weighted by Gasteiger charge is 2.21. The summed E-state index contributed by atoms with van der Waals surface area (Å²) in [5, 5.41) is 7.62. The van der Waals surface area contributed by atoms with E-state index in [1.807, 2.05) is 6.08 Å². The van der Waals surface area contributed by atoms with Crippen LogP contribution in [-0.4, -0.2) is 0 Å². The molecule has 0 radical (unpaired) electrons. The van der Waals surface area contributed by atoms with Crippen molar-refractivity contribution in [3.63, 3.8) is 0 Å². The van der Waals surface area contributed by atoms with Crippen molar-refractivity contribution in [1.82, 2.24) is 0 Å². The van der Waals surface area contributed by atoms with Crippen LogP contribution in [0.4, 0.5) is 17.1 Å². The molecule has 212 valence electrons. The standard InChI is InChI=1S/C43H35N/c1-5-14-33-27-35(25-23-31(33)6-2)44(36-26-24-32-15-7-8-16-34(32)28-36)42-22-13-21-38(29(42)3)43-30(4)37-17-9-10-18-39(37)40-19-11-12-20-41(40)43/h5-28H,2H2,1,3-4H3/b14-5-. The van der Waals surface area contributed by atoms with Gasteiger partial charge in [0.25, 0.3) is 0 Å². The summed E-state index contributed by atoms with van der Waals surface area (Å²) in [6, 6.07) is 46.4. The van der Waals surface area contributed by atoms with Gasteiger partial charge in [-0.25, -0.2) is 0 Å². The van der Waals surface area contributed by atoms with Crippen LogP contribution in [-0.2, 0) is 0 Å². The zero-order valence-corrected chi connectivity index (χ0v) is 25.5. The first-order valence-corrected chi connectivity index (χ1v) is 15.3. The highest BCUT2D eigenvalue weighted by atomic mass is 15.1. The van der Waals surface area contributed by atoms with Crippen LogP contribution in [0.25, 0.3) is 55.6 Å². The Morgan fingerprint density at radius 2 is 1.18 bits per heavy atom. The molecule has 7 rings (SSSR count). The molecule has 0 bridgehead atoms. The number of anilines is 3. The van der Waals surface area contributed by atoms with Crippen LogP contribution in [0.5, 0.6) is 0 Å². The van der Waals surface area contributed by atoms with Crippen molar-refractivity contribution in [1.29, 1.82) is 0 Å². The first kappa shape index (κ1) is 27.4. The van der Waals surface area contributed by atoms with Gasteiger partial charge in [-0.1, -0.05) is 122 Å². The van der Waals surface area contributed by atoms with Gasteiger partial charge in [0.05, 0.1) is 0 Å². The third-order valence-electron chi connectivity index (χ3n) is 8.89. The molecule has 0 heterocycles. The zero-order valence-electron chi connectivity index (χ0n) is 25.5. The number of hydrogen-bond donors (Lipinski definition) is 0. The molecule has 0 unspecified atom stereocenters. The Kier molecular flexibility index (Phi) is 7.08. The lowest BCUT2D eigenvalue weighted by molar-refractivity contribution is 1.25. The predicted octanol–water partition coefficient (Wildman–Crippen LogP) is 12.6. The Morgan fingerprint density at radius 1 is 0.545 bits per heavy atom. The van der Waals surface area contributed by atoms with E-state index >= 15 is 0 Å². The summed E-state index contributed by atoms with van der Waals surface area (Å²) in [4.78, 5) is 2.41. The van der Waals surface area contributed by atoms with Gasteiger partial charge in [0, 0.05) is 17.1 Å². The molecule has 1 nitrogen and oxygen atoms in total. The van der Waals surface area contributed by atoms with E-state index in [4.69, 9.17) is 0 Å². The number of benzene rings is 7. The highest BCUT2D eigenvalue weighted by molar-refractivity contribution is 6.16. The molecule has 0 amide bonds. The fourth-order valence-corrected chi connectivity index (χ4v) is 6.76. The van der Waals surface area contributed by atoms with E-state index in [0.29, 0.717) is 0 Å². The number of fused-ring (bicyclic) bond motifs is 4. The van der Waals surface area contributed by atoms with Gasteiger partial charge in [0.15, 0.2) is 0 Å². The van der Waals surface area contributed by atoms with Gasteiger partial charge in [-0.15, -0.1) is 0 Å². The summed E-state index contributed by atoms with van der Waals surface area (Å²) in [5.74, 6) is 0. The first-order valence-electron chi connectivity index (χ1n) is 15.3. The van der Waals surface area contributed by atoms with Crippen LogP contribution in [0.15, 0.2) is 140 Å². The molecule has 0 aromatic heterocycles.